The minimum atomic E-state index is 0.197. The van der Waals surface area contributed by atoms with Gasteiger partial charge >= 0.3 is 0 Å². The molecule has 3 heteroatoms. The van der Waals surface area contributed by atoms with Gasteiger partial charge in [0.05, 0.1) is 6.61 Å². The average Bonchev–Trinajstić information content (AvgIpc) is 2.54. The summed E-state index contributed by atoms with van der Waals surface area (Å²) in [5, 5.41) is 14.8. The van der Waals surface area contributed by atoms with Crippen molar-refractivity contribution in [2.24, 2.45) is 5.92 Å². The smallest absolute Gasteiger partial charge is 0.119 e. The second-order valence-corrected chi connectivity index (χ2v) is 5.84. The molecule has 1 heterocycles. The van der Waals surface area contributed by atoms with Gasteiger partial charge in [0.15, 0.2) is 0 Å². The van der Waals surface area contributed by atoms with Gasteiger partial charge in [0.25, 0.3) is 0 Å². The van der Waals surface area contributed by atoms with Crippen molar-refractivity contribution in [2.45, 2.75) is 19.3 Å². The van der Waals surface area contributed by atoms with E-state index in [-0.39, 0.29) is 6.61 Å². The first-order valence-electron chi connectivity index (χ1n) is 7.82. The molecule has 3 nitrogen and oxygen atoms in total. The Balaban J connectivity index is 1.67. The number of aliphatic hydroxyl groups excluding tert-OH is 1. The zero-order valence-corrected chi connectivity index (χ0v) is 12.3. The molecule has 1 atom stereocenters. The van der Waals surface area contributed by atoms with E-state index in [0.717, 1.165) is 25.4 Å². The fourth-order valence-corrected chi connectivity index (χ4v) is 2.93. The molecule has 3 rings (SSSR count). The molecular weight excluding hydrogens is 262 g/mol. The first-order valence-corrected chi connectivity index (χ1v) is 7.82. The van der Waals surface area contributed by atoms with E-state index in [1.54, 1.807) is 0 Å². The molecule has 112 valence electrons. The first-order chi connectivity index (χ1) is 10.3. The molecule has 0 bridgehead atoms. The van der Waals surface area contributed by atoms with Crippen LogP contribution in [0.3, 0.4) is 0 Å². The predicted octanol–water partition coefficient (Wildman–Crippen LogP) is 2.75. The average molecular weight is 285 g/mol. The molecule has 1 fully saturated rings. The van der Waals surface area contributed by atoms with Crippen molar-refractivity contribution >= 4 is 10.8 Å². The van der Waals surface area contributed by atoms with Crippen molar-refractivity contribution in [3.63, 3.8) is 0 Å². The fraction of sp³-hybridized carbons (Fsp3) is 0.444. The number of piperidine rings is 1. The normalized spacial score (nSPS) is 18.8. The van der Waals surface area contributed by atoms with E-state index in [0.29, 0.717) is 12.3 Å². The maximum absolute atomic E-state index is 9.00. The van der Waals surface area contributed by atoms with Gasteiger partial charge in [-0.1, -0.05) is 24.3 Å². The van der Waals surface area contributed by atoms with Gasteiger partial charge in [0.2, 0.25) is 0 Å². The Morgan fingerprint density at radius 1 is 1.14 bits per heavy atom. The predicted molar refractivity (Wildman–Crippen MR) is 85.8 cm³/mol. The van der Waals surface area contributed by atoms with Crippen LogP contribution < -0.4 is 10.1 Å². The third-order valence-corrected chi connectivity index (χ3v) is 4.16. The first kappa shape index (κ1) is 14.4. The monoisotopic (exact) mass is 285 g/mol. The Bertz CT molecular complexity index is 591. The lowest BCUT2D eigenvalue weighted by atomic mass is 10.0. The van der Waals surface area contributed by atoms with Crippen molar-refractivity contribution in [3.05, 3.63) is 42.0 Å². The molecule has 0 saturated carbocycles. The van der Waals surface area contributed by atoms with E-state index in [1.165, 1.54) is 29.2 Å². The van der Waals surface area contributed by atoms with E-state index in [1.807, 2.05) is 6.07 Å². The number of aliphatic hydroxyl groups is 1. The van der Waals surface area contributed by atoms with E-state index in [2.05, 4.69) is 35.6 Å². The summed E-state index contributed by atoms with van der Waals surface area (Å²) in [6.45, 7) is 3.20. The van der Waals surface area contributed by atoms with Gasteiger partial charge in [0.1, 0.15) is 5.75 Å². The highest BCUT2D eigenvalue weighted by molar-refractivity contribution is 5.84. The number of hydrogen-bond donors (Lipinski definition) is 2. The Kier molecular flexibility index (Phi) is 4.73. The SMILES string of the molecule is OCCc1ccc2cc(OCC3CCCNC3)ccc2c1. The van der Waals surface area contributed by atoms with Gasteiger partial charge in [-0.25, -0.2) is 0 Å². The number of hydrogen-bond acceptors (Lipinski definition) is 3. The second-order valence-electron chi connectivity index (χ2n) is 5.84. The fourth-order valence-electron chi connectivity index (χ4n) is 2.93. The number of rotatable bonds is 5. The Morgan fingerprint density at radius 2 is 2.00 bits per heavy atom. The Morgan fingerprint density at radius 3 is 2.81 bits per heavy atom. The molecule has 1 aliphatic heterocycles. The van der Waals surface area contributed by atoms with Gasteiger partial charge in [-0.2, -0.15) is 0 Å². The summed E-state index contributed by atoms with van der Waals surface area (Å²) in [5.41, 5.74) is 1.17. The quantitative estimate of drug-likeness (QED) is 0.887. The van der Waals surface area contributed by atoms with Crippen molar-refractivity contribution in [1.82, 2.24) is 5.32 Å². The van der Waals surface area contributed by atoms with Crippen LogP contribution in [0.1, 0.15) is 18.4 Å². The zero-order valence-electron chi connectivity index (χ0n) is 12.3. The lowest BCUT2D eigenvalue weighted by molar-refractivity contribution is 0.218. The molecule has 0 radical (unpaired) electrons. The highest BCUT2D eigenvalue weighted by Crippen LogP contribution is 2.23. The third-order valence-electron chi connectivity index (χ3n) is 4.16. The summed E-state index contributed by atoms with van der Waals surface area (Å²) < 4.78 is 5.95. The van der Waals surface area contributed by atoms with Crippen molar-refractivity contribution < 1.29 is 9.84 Å². The summed E-state index contributed by atoms with van der Waals surface area (Å²) in [6.07, 6.45) is 3.22. The van der Waals surface area contributed by atoms with Crippen molar-refractivity contribution in [3.8, 4) is 5.75 Å². The minimum Gasteiger partial charge on any atom is -0.493 e. The van der Waals surface area contributed by atoms with Gasteiger partial charge in [-0.05, 0) is 54.3 Å². The number of nitrogens with one attached hydrogen (secondary N) is 1. The third kappa shape index (κ3) is 3.74. The van der Waals surface area contributed by atoms with Crippen molar-refractivity contribution in [2.75, 3.05) is 26.3 Å². The summed E-state index contributed by atoms with van der Waals surface area (Å²) in [7, 11) is 0. The molecule has 0 aromatic heterocycles. The summed E-state index contributed by atoms with van der Waals surface area (Å²) in [6, 6.07) is 12.6. The highest BCUT2D eigenvalue weighted by Gasteiger charge is 2.13. The Labute approximate surface area is 125 Å². The maximum Gasteiger partial charge on any atom is 0.119 e. The molecule has 1 unspecified atom stereocenters. The molecule has 0 amide bonds. The number of fused-ring (bicyclic) bond motifs is 1. The topological polar surface area (TPSA) is 41.5 Å². The van der Waals surface area contributed by atoms with Crippen LogP contribution in [0.4, 0.5) is 0 Å². The van der Waals surface area contributed by atoms with Crippen LogP contribution >= 0.6 is 0 Å². The number of benzene rings is 2. The van der Waals surface area contributed by atoms with Gasteiger partial charge in [-0.3, -0.25) is 0 Å². The molecule has 0 spiro atoms. The Hall–Kier alpha value is -1.58. The minimum absolute atomic E-state index is 0.197. The molecule has 21 heavy (non-hydrogen) atoms. The van der Waals surface area contributed by atoms with E-state index in [4.69, 9.17) is 9.84 Å². The van der Waals surface area contributed by atoms with Crippen LogP contribution in [0.2, 0.25) is 0 Å². The van der Waals surface area contributed by atoms with Crippen LogP contribution in [0.15, 0.2) is 36.4 Å². The van der Waals surface area contributed by atoms with Crippen molar-refractivity contribution in [1.29, 1.82) is 0 Å². The molecule has 1 aliphatic rings. The zero-order chi connectivity index (χ0) is 14.5. The summed E-state index contributed by atoms with van der Waals surface area (Å²) in [5.74, 6) is 1.57. The lowest BCUT2D eigenvalue weighted by Crippen LogP contribution is -2.33. The van der Waals surface area contributed by atoms with E-state index >= 15 is 0 Å². The highest BCUT2D eigenvalue weighted by atomic mass is 16.5. The van der Waals surface area contributed by atoms with E-state index < -0.39 is 0 Å². The van der Waals surface area contributed by atoms with Crippen LogP contribution in [-0.2, 0) is 6.42 Å². The van der Waals surface area contributed by atoms with Crippen LogP contribution in [0.25, 0.3) is 10.8 Å². The number of ether oxygens (including phenoxy) is 1. The molecule has 1 saturated heterocycles. The van der Waals surface area contributed by atoms with Crippen LogP contribution in [-0.4, -0.2) is 31.4 Å². The second kappa shape index (κ2) is 6.92. The summed E-state index contributed by atoms with van der Waals surface area (Å²) >= 11 is 0. The van der Waals surface area contributed by atoms with Crippen LogP contribution in [0.5, 0.6) is 5.75 Å². The lowest BCUT2D eigenvalue weighted by Gasteiger charge is -2.22. The molecule has 2 aromatic rings. The largest absolute Gasteiger partial charge is 0.493 e. The maximum atomic E-state index is 9.00. The van der Waals surface area contributed by atoms with Gasteiger partial charge < -0.3 is 15.2 Å². The van der Waals surface area contributed by atoms with Gasteiger partial charge in [-0.15, -0.1) is 0 Å². The molecular formula is C18H23NO2. The van der Waals surface area contributed by atoms with E-state index in [9.17, 15) is 0 Å². The summed E-state index contributed by atoms with van der Waals surface area (Å²) in [4.78, 5) is 0. The molecule has 0 aliphatic carbocycles. The molecule has 2 aromatic carbocycles. The molecule has 2 N–H and O–H groups in total. The van der Waals surface area contributed by atoms with Crippen LogP contribution in [0, 0.1) is 5.92 Å². The standard InChI is InChI=1S/C18H23NO2/c20-9-7-14-3-4-17-11-18(6-5-16(17)10-14)21-13-15-2-1-8-19-12-15/h3-6,10-11,15,19-20H,1-2,7-9,12-13H2. The van der Waals surface area contributed by atoms with Gasteiger partial charge in [0, 0.05) is 19.1 Å².